The van der Waals surface area contributed by atoms with Gasteiger partial charge in [0.05, 0.1) is 10.4 Å². The molecule has 9 nitrogen and oxygen atoms in total. The van der Waals surface area contributed by atoms with Crippen LogP contribution in [0.25, 0.3) is 11.1 Å². The van der Waals surface area contributed by atoms with Crippen LogP contribution in [-0.2, 0) is 21.9 Å². The molecule has 0 bridgehead atoms. The highest BCUT2D eigenvalue weighted by Crippen LogP contribution is 2.25. The lowest BCUT2D eigenvalue weighted by atomic mass is 10.0. The average molecular weight is 515 g/mol. The molecule has 4 rings (SSSR count). The van der Waals surface area contributed by atoms with E-state index in [1.807, 2.05) is 19.9 Å². The molecule has 0 aliphatic carbocycles. The molecule has 2 heterocycles. The summed E-state index contributed by atoms with van der Waals surface area (Å²) in [5.74, 6) is -0.687. The number of nitrogens with one attached hydrogen (secondary N) is 1. The second-order valence-corrected chi connectivity index (χ2v) is 11.6. The number of carbonyl (C=O) groups is 1. The minimum Gasteiger partial charge on any atom is -0.408 e. The van der Waals surface area contributed by atoms with Crippen molar-refractivity contribution in [1.82, 2.24) is 14.2 Å². The highest BCUT2D eigenvalue weighted by atomic mass is 32.2. The van der Waals surface area contributed by atoms with Gasteiger partial charge in [-0.2, -0.15) is 4.72 Å². The molecule has 0 unspecified atom stereocenters. The maximum Gasteiger partial charge on any atom is 0.419 e. The number of carbonyl (C=O) groups excluding carboxylic acids is 1. The van der Waals surface area contributed by atoms with Crippen molar-refractivity contribution in [3.8, 4) is 0 Å². The maximum absolute atomic E-state index is 13.5. The van der Waals surface area contributed by atoms with Gasteiger partial charge in [-0.05, 0) is 55.5 Å². The van der Waals surface area contributed by atoms with E-state index in [2.05, 4.69) is 35.6 Å². The number of amides is 1. The standard InChI is InChI=1S/C26H34N4O5S/c1-17(2)15-21(27-36(33,34)20-9-10-23-24(16-20)35-26(32)28(23)5)25(31)30-13-11-29(12-14-30)22-8-6-7-18(3)19(22)4/h6-10,16-17,21,27H,11-15H2,1-5H3/t21-/m1/s1. The third kappa shape index (κ3) is 5.19. The highest BCUT2D eigenvalue weighted by molar-refractivity contribution is 7.89. The fourth-order valence-corrected chi connectivity index (χ4v) is 5.89. The summed E-state index contributed by atoms with van der Waals surface area (Å²) in [4.78, 5) is 29.2. The predicted octanol–water partition coefficient (Wildman–Crippen LogP) is 2.79. The number of aromatic nitrogens is 1. The molecule has 0 radical (unpaired) electrons. The minimum absolute atomic E-state index is 0.0503. The van der Waals surface area contributed by atoms with Crippen molar-refractivity contribution in [2.45, 2.75) is 45.1 Å². The minimum atomic E-state index is -4.03. The van der Waals surface area contributed by atoms with Crippen LogP contribution in [0, 0.1) is 19.8 Å². The van der Waals surface area contributed by atoms with Gasteiger partial charge in [-0.15, -0.1) is 0 Å². The van der Waals surface area contributed by atoms with Gasteiger partial charge in [-0.1, -0.05) is 26.0 Å². The van der Waals surface area contributed by atoms with Gasteiger partial charge in [0.1, 0.15) is 6.04 Å². The lowest BCUT2D eigenvalue weighted by Crippen LogP contribution is -2.55. The molecule has 10 heteroatoms. The predicted molar refractivity (Wildman–Crippen MR) is 140 cm³/mol. The Bertz CT molecular complexity index is 1430. The topological polar surface area (TPSA) is 105 Å². The van der Waals surface area contributed by atoms with E-state index in [1.165, 1.54) is 39.6 Å². The second kappa shape index (κ2) is 10.1. The normalized spacial score (nSPS) is 15.6. The van der Waals surface area contributed by atoms with Gasteiger partial charge < -0.3 is 14.2 Å². The number of piperazine rings is 1. The maximum atomic E-state index is 13.5. The Morgan fingerprint density at radius 2 is 1.78 bits per heavy atom. The lowest BCUT2D eigenvalue weighted by molar-refractivity contribution is -0.133. The van der Waals surface area contributed by atoms with Crippen LogP contribution < -0.4 is 15.4 Å². The van der Waals surface area contributed by atoms with E-state index >= 15 is 0 Å². The van der Waals surface area contributed by atoms with Gasteiger partial charge >= 0.3 is 5.76 Å². The molecule has 1 aliphatic heterocycles. The Balaban J connectivity index is 1.50. The summed E-state index contributed by atoms with van der Waals surface area (Å²) in [6.07, 6.45) is 0.373. The van der Waals surface area contributed by atoms with Crippen LogP contribution in [0.4, 0.5) is 5.69 Å². The summed E-state index contributed by atoms with van der Waals surface area (Å²) in [5, 5.41) is 0. The van der Waals surface area contributed by atoms with Gasteiger partial charge in [-0.25, -0.2) is 13.2 Å². The number of rotatable bonds is 7. The average Bonchev–Trinajstić information content (AvgIpc) is 3.12. The van der Waals surface area contributed by atoms with Crippen molar-refractivity contribution in [1.29, 1.82) is 0 Å². The number of fused-ring (bicyclic) bond motifs is 1. The summed E-state index contributed by atoms with van der Waals surface area (Å²) < 4.78 is 35.5. The molecular weight excluding hydrogens is 480 g/mol. The molecule has 3 aromatic rings. The fourth-order valence-electron chi connectivity index (χ4n) is 4.67. The first-order chi connectivity index (χ1) is 17.0. The summed E-state index contributed by atoms with van der Waals surface area (Å²) in [5.41, 5.74) is 4.30. The fraction of sp³-hybridized carbons (Fsp3) is 0.462. The highest BCUT2D eigenvalue weighted by Gasteiger charge is 2.32. The molecule has 1 N–H and O–H groups in total. The summed E-state index contributed by atoms with van der Waals surface area (Å²) in [7, 11) is -2.47. The van der Waals surface area contributed by atoms with Crippen LogP contribution >= 0.6 is 0 Å². The van der Waals surface area contributed by atoms with E-state index in [-0.39, 0.29) is 22.3 Å². The number of benzene rings is 2. The Labute approximate surface area is 211 Å². The van der Waals surface area contributed by atoms with E-state index in [0.29, 0.717) is 38.1 Å². The zero-order valence-corrected chi connectivity index (χ0v) is 22.3. The SMILES string of the molecule is Cc1cccc(N2CCN(C(=O)[C@@H](CC(C)C)NS(=O)(=O)c3ccc4c(c3)oc(=O)n4C)CC2)c1C. The Kier molecular flexibility index (Phi) is 7.28. The first-order valence-electron chi connectivity index (χ1n) is 12.2. The van der Waals surface area contributed by atoms with Gasteiger partial charge in [-0.3, -0.25) is 9.36 Å². The number of hydrogen-bond donors (Lipinski definition) is 1. The smallest absolute Gasteiger partial charge is 0.408 e. The Morgan fingerprint density at radius 3 is 2.44 bits per heavy atom. The van der Waals surface area contributed by atoms with E-state index < -0.39 is 21.8 Å². The van der Waals surface area contributed by atoms with Gasteiger partial charge in [0.25, 0.3) is 0 Å². The molecule has 1 aromatic heterocycles. The van der Waals surface area contributed by atoms with E-state index in [4.69, 9.17) is 4.42 Å². The summed E-state index contributed by atoms with van der Waals surface area (Å²) in [6, 6.07) is 9.60. The van der Waals surface area contributed by atoms with Crippen molar-refractivity contribution in [2.75, 3.05) is 31.1 Å². The largest absolute Gasteiger partial charge is 0.419 e. The number of aryl methyl sites for hydroxylation is 2. The van der Waals surface area contributed by atoms with Crippen LogP contribution in [-0.4, -0.2) is 56.0 Å². The zero-order chi connectivity index (χ0) is 26.2. The van der Waals surface area contributed by atoms with Crippen LogP contribution in [0.2, 0.25) is 0 Å². The Morgan fingerprint density at radius 1 is 1.08 bits per heavy atom. The molecule has 1 fully saturated rings. The van der Waals surface area contributed by atoms with Crippen LogP contribution in [0.1, 0.15) is 31.4 Å². The van der Waals surface area contributed by atoms with E-state index in [0.717, 1.165) is 0 Å². The van der Waals surface area contributed by atoms with Crippen LogP contribution in [0.15, 0.2) is 50.5 Å². The molecule has 2 aromatic carbocycles. The molecular formula is C26H34N4O5S. The summed E-state index contributed by atoms with van der Waals surface area (Å²) in [6.45, 7) is 10.5. The molecule has 36 heavy (non-hydrogen) atoms. The first kappa shape index (κ1) is 26.0. The van der Waals surface area contributed by atoms with Crippen molar-refractivity contribution in [3.63, 3.8) is 0 Å². The molecule has 1 amide bonds. The van der Waals surface area contributed by atoms with Crippen molar-refractivity contribution >= 4 is 32.7 Å². The van der Waals surface area contributed by atoms with Gasteiger partial charge in [0, 0.05) is 45.0 Å². The van der Waals surface area contributed by atoms with Crippen LogP contribution in [0.3, 0.4) is 0 Å². The third-order valence-corrected chi connectivity index (χ3v) is 8.35. The monoisotopic (exact) mass is 514 g/mol. The van der Waals surface area contributed by atoms with Gasteiger partial charge in [0.15, 0.2) is 5.58 Å². The van der Waals surface area contributed by atoms with Crippen molar-refractivity contribution in [3.05, 3.63) is 58.1 Å². The van der Waals surface area contributed by atoms with E-state index in [1.54, 1.807) is 11.9 Å². The second-order valence-electron chi connectivity index (χ2n) is 9.89. The number of sulfonamides is 1. The molecule has 194 valence electrons. The molecule has 1 atom stereocenters. The number of anilines is 1. The van der Waals surface area contributed by atoms with Gasteiger partial charge in [0.2, 0.25) is 15.9 Å². The molecule has 0 saturated carbocycles. The molecule has 0 spiro atoms. The number of nitrogens with zero attached hydrogens (tertiary/aromatic N) is 3. The lowest BCUT2D eigenvalue weighted by Gasteiger charge is -2.38. The summed E-state index contributed by atoms with van der Waals surface area (Å²) >= 11 is 0. The van der Waals surface area contributed by atoms with Crippen LogP contribution in [0.5, 0.6) is 0 Å². The zero-order valence-electron chi connectivity index (χ0n) is 21.4. The van der Waals surface area contributed by atoms with Crippen molar-refractivity contribution in [2.24, 2.45) is 13.0 Å². The third-order valence-electron chi connectivity index (χ3n) is 6.88. The van der Waals surface area contributed by atoms with E-state index in [9.17, 15) is 18.0 Å². The number of oxazole rings is 1. The van der Waals surface area contributed by atoms with Crippen molar-refractivity contribution < 1.29 is 17.6 Å². The first-order valence-corrected chi connectivity index (χ1v) is 13.7. The quantitative estimate of drug-likeness (QED) is 0.520. The molecule has 1 aliphatic rings. The molecule has 1 saturated heterocycles. The Hall–Kier alpha value is -3.11. The number of hydrogen-bond acceptors (Lipinski definition) is 6.